The number of nitrogens with zero attached hydrogens (tertiary/aromatic N) is 3. The molecule has 1 aliphatic rings. The number of likely N-dealkylation sites (tertiary alicyclic amines) is 1. The fraction of sp³-hybridized carbons (Fsp3) is 0.846. The highest BCUT2D eigenvalue weighted by molar-refractivity contribution is 4.91. The Morgan fingerprint density at radius 3 is 2.50 bits per heavy atom. The summed E-state index contributed by atoms with van der Waals surface area (Å²) in [5.41, 5.74) is 0. The largest absolute Gasteiger partial charge is 0.393 e. The van der Waals surface area contributed by atoms with Gasteiger partial charge in [0.2, 0.25) is 5.89 Å². The van der Waals surface area contributed by atoms with Gasteiger partial charge in [-0.3, -0.25) is 4.90 Å². The van der Waals surface area contributed by atoms with Crippen LogP contribution in [0.2, 0.25) is 0 Å². The van der Waals surface area contributed by atoms with E-state index in [4.69, 9.17) is 4.52 Å². The number of hydrogen-bond acceptors (Lipinski definition) is 5. The molecule has 0 aromatic carbocycles. The topological polar surface area (TPSA) is 62.4 Å². The Balaban J connectivity index is 1.84. The molecule has 0 radical (unpaired) electrons. The third-order valence-electron chi connectivity index (χ3n) is 3.66. The van der Waals surface area contributed by atoms with Crippen molar-refractivity contribution in [1.29, 1.82) is 0 Å². The molecule has 1 unspecified atom stereocenters. The zero-order valence-corrected chi connectivity index (χ0v) is 11.5. The molecule has 5 nitrogen and oxygen atoms in total. The van der Waals surface area contributed by atoms with Crippen molar-refractivity contribution >= 4 is 0 Å². The fourth-order valence-corrected chi connectivity index (χ4v) is 2.36. The van der Waals surface area contributed by atoms with Gasteiger partial charge < -0.3 is 9.63 Å². The first-order chi connectivity index (χ1) is 8.56. The Morgan fingerprint density at radius 2 is 2.00 bits per heavy atom. The van der Waals surface area contributed by atoms with E-state index >= 15 is 0 Å². The molecule has 2 heterocycles. The van der Waals surface area contributed by atoms with Crippen molar-refractivity contribution < 1.29 is 9.63 Å². The zero-order chi connectivity index (χ0) is 13.1. The van der Waals surface area contributed by atoms with Crippen molar-refractivity contribution in [2.24, 2.45) is 5.92 Å². The number of aliphatic hydroxyl groups excluding tert-OH is 1. The van der Waals surface area contributed by atoms with Gasteiger partial charge in [-0.1, -0.05) is 19.0 Å². The summed E-state index contributed by atoms with van der Waals surface area (Å²) in [6.45, 7) is 8.73. The van der Waals surface area contributed by atoms with Gasteiger partial charge in [0, 0.05) is 5.92 Å². The van der Waals surface area contributed by atoms with Crippen LogP contribution in [0.4, 0.5) is 0 Å². The third-order valence-corrected chi connectivity index (χ3v) is 3.66. The van der Waals surface area contributed by atoms with Gasteiger partial charge in [0.05, 0.1) is 12.6 Å². The van der Waals surface area contributed by atoms with Gasteiger partial charge in [-0.15, -0.1) is 0 Å². The lowest BCUT2D eigenvalue weighted by molar-refractivity contribution is 0.0684. The molecular formula is C13H23N3O2. The standard InChI is InChI=1S/C13H23N3O2/c1-9(2)13-14-12(15-18-13)8-16-6-4-11(5-7-16)10(3)17/h9-11,17H,4-8H2,1-3H3. The number of rotatable bonds is 4. The molecule has 2 rings (SSSR count). The van der Waals surface area contributed by atoms with E-state index in [2.05, 4.69) is 15.0 Å². The van der Waals surface area contributed by atoms with Crippen molar-refractivity contribution in [3.05, 3.63) is 11.7 Å². The summed E-state index contributed by atoms with van der Waals surface area (Å²) in [6, 6.07) is 0. The Kier molecular flexibility index (Phi) is 4.35. The molecule has 0 amide bonds. The highest BCUT2D eigenvalue weighted by Gasteiger charge is 2.23. The summed E-state index contributed by atoms with van der Waals surface area (Å²) < 4.78 is 5.20. The van der Waals surface area contributed by atoms with Gasteiger partial charge in [-0.05, 0) is 38.8 Å². The van der Waals surface area contributed by atoms with E-state index in [1.165, 1.54) is 0 Å². The highest BCUT2D eigenvalue weighted by atomic mass is 16.5. The van der Waals surface area contributed by atoms with Crippen molar-refractivity contribution in [2.45, 2.75) is 52.2 Å². The second-order valence-corrected chi connectivity index (χ2v) is 5.56. The highest BCUT2D eigenvalue weighted by Crippen LogP contribution is 2.21. The molecule has 1 saturated heterocycles. The number of aliphatic hydroxyl groups is 1. The molecule has 1 N–H and O–H groups in total. The molecule has 0 saturated carbocycles. The quantitative estimate of drug-likeness (QED) is 0.886. The predicted octanol–water partition coefficient (Wildman–Crippen LogP) is 1.79. The minimum Gasteiger partial charge on any atom is -0.393 e. The van der Waals surface area contributed by atoms with Crippen LogP contribution in [0.3, 0.4) is 0 Å². The lowest BCUT2D eigenvalue weighted by atomic mass is 9.92. The Labute approximate surface area is 108 Å². The predicted molar refractivity (Wildman–Crippen MR) is 68.1 cm³/mol. The van der Waals surface area contributed by atoms with Crippen LogP contribution in [-0.4, -0.2) is 39.3 Å². The van der Waals surface area contributed by atoms with Gasteiger partial charge in [-0.25, -0.2) is 0 Å². The van der Waals surface area contributed by atoms with Crippen LogP contribution in [0, 0.1) is 5.92 Å². The van der Waals surface area contributed by atoms with Gasteiger partial charge in [0.1, 0.15) is 0 Å². The van der Waals surface area contributed by atoms with E-state index in [0.29, 0.717) is 11.8 Å². The number of aromatic nitrogens is 2. The minimum atomic E-state index is -0.190. The molecule has 0 spiro atoms. The number of piperidine rings is 1. The second kappa shape index (κ2) is 5.80. The van der Waals surface area contributed by atoms with Crippen LogP contribution in [0.5, 0.6) is 0 Å². The number of hydrogen-bond donors (Lipinski definition) is 1. The van der Waals surface area contributed by atoms with Gasteiger partial charge in [0.25, 0.3) is 0 Å². The molecule has 1 aliphatic heterocycles. The van der Waals surface area contributed by atoms with E-state index < -0.39 is 0 Å². The summed E-state index contributed by atoms with van der Waals surface area (Å²) in [7, 11) is 0. The molecule has 1 atom stereocenters. The average Bonchev–Trinajstić information content (AvgIpc) is 2.78. The summed E-state index contributed by atoms with van der Waals surface area (Å²) in [4.78, 5) is 6.72. The van der Waals surface area contributed by atoms with Crippen LogP contribution in [0.1, 0.15) is 51.2 Å². The second-order valence-electron chi connectivity index (χ2n) is 5.56. The first-order valence-electron chi connectivity index (χ1n) is 6.79. The van der Waals surface area contributed by atoms with Crippen molar-refractivity contribution in [2.75, 3.05) is 13.1 Å². The third kappa shape index (κ3) is 3.29. The van der Waals surface area contributed by atoms with Gasteiger partial charge in [0.15, 0.2) is 5.82 Å². The lowest BCUT2D eigenvalue weighted by Gasteiger charge is -2.32. The average molecular weight is 253 g/mol. The molecule has 1 aromatic heterocycles. The first kappa shape index (κ1) is 13.5. The van der Waals surface area contributed by atoms with Crippen LogP contribution in [0.25, 0.3) is 0 Å². The van der Waals surface area contributed by atoms with Crippen molar-refractivity contribution in [3.8, 4) is 0 Å². The fourth-order valence-electron chi connectivity index (χ4n) is 2.36. The molecule has 18 heavy (non-hydrogen) atoms. The van der Waals surface area contributed by atoms with Crippen molar-refractivity contribution in [1.82, 2.24) is 15.0 Å². The molecule has 1 aromatic rings. The van der Waals surface area contributed by atoms with Crippen molar-refractivity contribution in [3.63, 3.8) is 0 Å². The molecular weight excluding hydrogens is 230 g/mol. The van der Waals surface area contributed by atoms with Gasteiger partial charge in [-0.2, -0.15) is 4.98 Å². The summed E-state index contributed by atoms with van der Waals surface area (Å²) in [6.07, 6.45) is 1.91. The monoisotopic (exact) mass is 253 g/mol. The van der Waals surface area contributed by atoms with Crippen LogP contribution in [-0.2, 0) is 6.54 Å². The van der Waals surface area contributed by atoms with Crippen LogP contribution < -0.4 is 0 Å². The minimum absolute atomic E-state index is 0.190. The van der Waals surface area contributed by atoms with Crippen LogP contribution in [0.15, 0.2) is 4.52 Å². The Morgan fingerprint density at radius 1 is 1.33 bits per heavy atom. The van der Waals surface area contributed by atoms with Gasteiger partial charge >= 0.3 is 0 Å². The van der Waals surface area contributed by atoms with E-state index in [-0.39, 0.29) is 12.0 Å². The molecule has 0 bridgehead atoms. The maximum absolute atomic E-state index is 9.56. The van der Waals surface area contributed by atoms with Crippen LogP contribution >= 0.6 is 0 Å². The van der Waals surface area contributed by atoms with E-state index in [1.54, 1.807) is 0 Å². The Bertz CT molecular complexity index is 368. The summed E-state index contributed by atoms with van der Waals surface area (Å²) in [5.74, 6) is 2.21. The first-order valence-corrected chi connectivity index (χ1v) is 6.79. The van der Waals surface area contributed by atoms with E-state index in [9.17, 15) is 5.11 Å². The summed E-state index contributed by atoms with van der Waals surface area (Å²) >= 11 is 0. The molecule has 5 heteroatoms. The molecule has 0 aliphatic carbocycles. The maximum Gasteiger partial charge on any atom is 0.229 e. The van der Waals surface area contributed by atoms with E-state index in [0.717, 1.165) is 38.3 Å². The lowest BCUT2D eigenvalue weighted by Crippen LogP contribution is -2.36. The maximum atomic E-state index is 9.56. The summed E-state index contributed by atoms with van der Waals surface area (Å²) in [5, 5.41) is 13.6. The normalized spacial score (nSPS) is 20.5. The Hall–Kier alpha value is -0.940. The smallest absolute Gasteiger partial charge is 0.229 e. The SMILES string of the molecule is CC(C)c1nc(CN2CCC(C(C)O)CC2)no1. The zero-order valence-electron chi connectivity index (χ0n) is 11.5. The van der Waals surface area contributed by atoms with E-state index in [1.807, 2.05) is 20.8 Å². The molecule has 102 valence electrons. The molecule has 1 fully saturated rings.